The zero-order chi connectivity index (χ0) is 13.8. The number of aryl methyl sites for hydroxylation is 1. The molecule has 6 heteroatoms. The van der Waals surface area contributed by atoms with Crippen LogP contribution in [0.4, 0.5) is 0 Å². The Morgan fingerprint density at radius 3 is 3.05 bits per heavy atom. The lowest BCUT2D eigenvalue weighted by atomic mass is 9.95. The van der Waals surface area contributed by atoms with E-state index in [0.29, 0.717) is 18.9 Å². The number of aromatic nitrogens is 1. The van der Waals surface area contributed by atoms with E-state index in [4.69, 9.17) is 0 Å². The number of thiazole rings is 1. The molecule has 1 aliphatic heterocycles. The number of rotatable bonds is 4. The van der Waals surface area contributed by atoms with E-state index >= 15 is 0 Å². The summed E-state index contributed by atoms with van der Waals surface area (Å²) in [6, 6.07) is 0.210. The third kappa shape index (κ3) is 3.67. The number of hydrogen-bond acceptors (Lipinski definition) is 4. The topological polar surface area (TPSA) is 63.1 Å². The number of carbonyl (C=O) groups excluding carboxylic acids is 1. The molecule has 2 unspecified atom stereocenters. The maximum Gasteiger partial charge on any atom is 0.307 e. The number of hydrogen-bond donors (Lipinski definition) is 2. The predicted molar refractivity (Wildman–Crippen MR) is 76.5 cm³/mol. The van der Waals surface area contributed by atoms with Crippen LogP contribution >= 0.6 is 11.3 Å². The van der Waals surface area contributed by atoms with Gasteiger partial charge in [-0.3, -0.25) is 9.59 Å². The molecule has 1 fully saturated rings. The van der Waals surface area contributed by atoms with Gasteiger partial charge in [-0.05, 0) is 25.8 Å². The Kier molecular flexibility index (Phi) is 4.76. The Bertz CT molecular complexity index is 494. The molecule has 19 heavy (non-hydrogen) atoms. The highest BCUT2D eigenvalue weighted by atomic mass is 32.1. The molecule has 0 aliphatic carbocycles. The summed E-state index contributed by atoms with van der Waals surface area (Å²) in [5.74, 6) is 0.536. The highest BCUT2D eigenvalue weighted by Crippen LogP contribution is 2.11. The number of nitrogens with one attached hydrogen (secondary N) is 2. The molecular weight excluding hydrogens is 262 g/mol. The molecule has 2 N–H and O–H groups in total. The first-order valence-corrected chi connectivity index (χ1v) is 7.61. The van der Waals surface area contributed by atoms with Gasteiger partial charge in [0.15, 0.2) is 0 Å². The van der Waals surface area contributed by atoms with Crippen LogP contribution in [-0.4, -0.2) is 29.6 Å². The van der Waals surface area contributed by atoms with Gasteiger partial charge in [0.2, 0.25) is 5.91 Å². The van der Waals surface area contributed by atoms with Crippen molar-refractivity contribution in [2.75, 3.05) is 13.1 Å². The zero-order valence-electron chi connectivity index (χ0n) is 11.4. The van der Waals surface area contributed by atoms with Crippen LogP contribution in [0.3, 0.4) is 0 Å². The second-order valence-corrected chi connectivity index (χ2v) is 6.01. The predicted octanol–water partition coefficient (Wildman–Crippen LogP) is 0.723. The summed E-state index contributed by atoms with van der Waals surface area (Å²) in [4.78, 5) is 23.5. The molecule has 2 heterocycles. The Morgan fingerprint density at radius 1 is 1.63 bits per heavy atom. The van der Waals surface area contributed by atoms with Gasteiger partial charge in [-0.2, -0.15) is 0 Å². The molecule has 1 amide bonds. The minimum atomic E-state index is 0.0120. The minimum absolute atomic E-state index is 0.0120. The van der Waals surface area contributed by atoms with Crippen molar-refractivity contribution in [3.8, 4) is 0 Å². The van der Waals surface area contributed by atoms with Crippen LogP contribution < -0.4 is 15.5 Å². The number of carbonyl (C=O) groups is 1. The van der Waals surface area contributed by atoms with Crippen molar-refractivity contribution in [3.05, 3.63) is 20.7 Å². The van der Waals surface area contributed by atoms with E-state index < -0.39 is 0 Å². The van der Waals surface area contributed by atoms with Crippen LogP contribution in [-0.2, 0) is 11.3 Å². The quantitative estimate of drug-likeness (QED) is 0.856. The SMILES string of the molecule is Cc1csc(=O)n1CCC(=O)NC1CNCCC1C. The highest BCUT2D eigenvalue weighted by molar-refractivity contribution is 7.07. The van der Waals surface area contributed by atoms with E-state index in [1.807, 2.05) is 12.3 Å². The van der Waals surface area contributed by atoms with Gasteiger partial charge < -0.3 is 15.2 Å². The Balaban J connectivity index is 1.83. The highest BCUT2D eigenvalue weighted by Gasteiger charge is 2.22. The molecule has 1 saturated heterocycles. The largest absolute Gasteiger partial charge is 0.352 e. The van der Waals surface area contributed by atoms with Gasteiger partial charge in [0.1, 0.15) is 0 Å². The minimum Gasteiger partial charge on any atom is -0.352 e. The van der Waals surface area contributed by atoms with Gasteiger partial charge in [-0.1, -0.05) is 18.3 Å². The van der Waals surface area contributed by atoms with Crippen LogP contribution in [0.1, 0.15) is 25.5 Å². The lowest BCUT2D eigenvalue weighted by Gasteiger charge is -2.30. The molecule has 1 aliphatic rings. The number of nitrogens with zero attached hydrogens (tertiary/aromatic N) is 1. The smallest absolute Gasteiger partial charge is 0.307 e. The second-order valence-electron chi connectivity index (χ2n) is 5.19. The summed E-state index contributed by atoms with van der Waals surface area (Å²) < 4.78 is 1.66. The van der Waals surface area contributed by atoms with Gasteiger partial charge in [0.25, 0.3) is 0 Å². The lowest BCUT2D eigenvalue weighted by molar-refractivity contribution is -0.122. The first-order valence-electron chi connectivity index (χ1n) is 6.73. The van der Waals surface area contributed by atoms with Gasteiger partial charge in [-0.15, -0.1) is 0 Å². The first-order chi connectivity index (χ1) is 9.08. The van der Waals surface area contributed by atoms with Gasteiger partial charge in [0, 0.05) is 36.6 Å². The standard InChI is InChI=1S/C13H21N3O2S/c1-9-3-5-14-7-11(9)15-12(17)4-6-16-10(2)8-19-13(16)18/h8-9,11,14H,3-7H2,1-2H3,(H,15,17). The fourth-order valence-corrected chi connectivity index (χ4v) is 3.11. The van der Waals surface area contributed by atoms with Crippen molar-refractivity contribution in [2.24, 2.45) is 5.92 Å². The van der Waals surface area contributed by atoms with Crippen molar-refractivity contribution in [1.29, 1.82) is 0 Å². The van der Waals surface area contributed by atoms with E-state index in [1.165, 1.54) is 11.3 Å². The summed E-state index contributed by atoms with van der Waals surface area (Å²) in [5.41, 5.74) is 0.926. The van der Waals surface area contributed by atoms with Crippen LogP contribution in [0.15, 0.2) is 10.2 Å². The van der Waals surface area contributed by atoms with Gasteiger partial charge >= 0.3 is 4.87 Å². The van der Waals surface area contributed by atoms with E-state index in [1.54, 1.807) is 4.57 Å². The van der Waals surface area contributed by atoms with Crippen LogP contribution in [0.2, 0.25) is 0 Å². The van der Waals surface area contributed by atoms with Crippen molar-refractivity contribution < 1.29 is 4.79 Å². The van der Waals surface area contributed by atoms with Crippen LogP contribution in [0.25, 0.3) is 0 Å². The fraction of sp³-hybridized carbons (Fsp3) is 0.692. The third-order valence-corrected chi connectivity index (χ3v) is 4.59. The third-order valence-electron chi connectivity index (χ3n) is 3.71. The number of piperidine rings is 1. The second kappa shape index (κ2) is 6.34. The monoisotopic (exact) mass is 283 g/mol. The molecule has 0 saturated carbocycles. The molecule has 1 aromatic heterocycles. The van der Waals surface area contributed by atoms with Crippen LogP contribution in [0, 0.1) is 12.8 Å². The molecule has 106 valence electrons. The summed E-state index contributed by atoms with van der Waals surface area (Å²) in [7, 11) is 0. The fourth-order valence-electron chi connectivity index (χ4n) is 2.35. The maximum absolute atomic E-state index is 11.9. The van der Waals surface area contributed by atoms with Crippen molar-refractivity contribution >= 4 is 17.2 Å². The molecular formula is C13H21N3O2S. The molecule has 5 nitrogen and oxygen atoms in total. The van der Waals surface area contributed by atoms with E-state index in [0.717, 1.165) is 25.2 Å². The molecule has 0 bridgehead atoms. The summed E-state index contributed by atoms with van der Waals surface area (Å²) in [5, 5.41) is 8.17. The molecule has 1 aromatic rings. The van der Waals surface area contributed by atoms with Crippen molar-refractivity contribution in [1.82, 2.24) is 15.2 Å². The van der Waals surface area contributed by atoms with Crippen LogP contribution in [0.5, 0.6) is 0 Å². The van der Waals surface area contributed by atoms with E-state index in [-0.39, 0.29) is 16.8 Å². The molecule has 2 rings (SSSR count). The van der Waals surface area contributed by atoms with Crippen molar-refractivity contribution in [2.45, 2.75) is 39.3 Å². The first kappa shape index (κ1) is 14.3. The average Bonchev–Trinajstić information content (AvgIpc) is 2.70. The van der Waals surface area contributed by atoms with E-state index in [2.05, 4.69) is 17.6 Å². The molecule has 0 aromatic carbocycles. The lowest BCUT2D eigenvalue weighted by Crippen LogP contribution is -2.50. The maximum atomic E-state index is 11.9. The van der Waals surface area contributed by atoms with Crippen molar-refractivity contribution in [3.63, 3.8) is 0 Å². The Morgan fingerprint density at radius 2 is 2.42 bits per heavy atom. The summed E-state index contributed by atoms with van der Waals surface area (Å²) >= 11 is 1.18. The Labute approximate surface area is 117 Å². The Hall–Kier alpha value is -1.14. The molecule has 0 spiro atoms. The summed E-state index contributed by atoms with van der Waals surface area (Å²) in [6.45, 7) is 6.39. The zero-order valence-corrected chi connectivity index (χ0v) is 12.3. The molecule has 2 atom stereocenters. The van der Waals surface area contributed by atoms with E-state index in [9.17, 15) is 9.59 Å². The average molecular weight is 283 g/mol. The normalized spacial score (nSPS) is 23.3. The summed E-state index contributed by atoms with van der Waals surface area (Å²) in [6.07, 6.45) is 1.45. The van der Waals surface area contributed by atoms with Gasteiger partial charge in [-0.25, -0.2) is 0 Å². The molecule has 0 radical (unpaired) electrons. The van der Waals surface area contributed by atoms with Gasteiger partial charge in [0.05, 0.1) is 0 Å². The number of amides is 1.